The predicted octanol–water partition coefficient (Wildman–Crippen LogP) is 20.1. The second-order valence-corrected chi connectivity index (χ2v) is 23.0. The van der Waals surface area contributed by atoms with Gasteiger partial charge in [0.05, 0.1) is 19.8 Å². The molecular formula is C70H119O11P. The van der Waals surface area contributed by atoms with Crippen LogP contribution in [0.25, 0.3) is 0 Å². The predicted molar refractivity (Wildman–Crippen MR) is 343 cm³/mol. The summed E-state index contributed by atoms with van der Waals surface area (Å²) in [6.45, 7) is 4.40. The van der Waals surface area contributed by atoms with Crippen molar-refractivity contribution in [2.45, 2.75) is 290 Å². The number of rotatable bonds is 60. The topological polar surface area (TPSA) is 155 Å². The Morgan fingerprint density at radius 1 is 0.354 bits per heavy atom. The van der Waals surface area contributed by atoms with Gasteiger partial charge < -0.3 is 24.2 Å². The van der Waals surface area contributed by atoms with E-state index in [0.717, 1.165) is 122 Å². The Morgan fingerprint density at radius 2 is 0.634 bits per heavy atom. The van der Waals surface area contributed by atoms with E-state index in [0.29, 0.717) is 19.3 Å². The van der Waals surface area contributed by atoms with Gasteiger partial charge in [0, 0.05) is 19.3 Å². The Bertz CT molecular complexity index is 1790. The largest absolute Gasteiger partial charge is 0.472 e. The summed E-state index contributed by atoms with van der Waals surface area (Å²) in [5, 5.41) is 9.87. The molecule has 11 nitrogen and oxygen atoms in total. The fourth-order valence-electron chi connectivity index (χ4n) is 8.75. The van der Waals surface area contributed by atoms with E-state index in [1.807, 2.05) is 0 Å². The number of carbonyl (C=O) groups excluding carboxylic acids is 3. The number of unbranched alkanes of at least 4 members (excludes halogenated alkanes) is 25. The van der Waals surface area contributed by atoms with Gasteiger partial charge in [-0.2, -0.15) is 0 Å². The smallest absolute Gasteiger partial charge is 0.462 e. The van der Waals surface area contributed by atoms with Gasteiger partial charge in [-0.15, -0.1) is 0 Å². The average Bonchev–Trinajstić information content (AvgIpc) is 3.50. The van der Waals surface area contributed by atoms with E-state index in [-0.39, 0.29) is 25.9 Å². The number of aliphatic hydroxyl groups is 1. The minimum absolute atomic E-state index is 0.122. The van der Waals surface area contributed by atoms with Crippen molar-refractivity contribution < 1.29 is 52.2 Å². The second-order valence-electron chi connectivity index (χ2n) is 21.5. The molecule has 0 bridgehead atoms. The van der Waals surface area contributed by atoms with Gasteiger partial charge in [0.2, 0.25) is 0 Å². The molecular weight excluding hydrogens is 1050 g/mol. The molecule has 0 aromatic heterocycles. The van der Waals surface area contributed by atoms with Gasteiger partial charge in [0.1, 0.15) is 12.7 Å². The highest BCUT2D eigenvalue weighted by Crippen LogP contribution is 2.43. The molecule has 0 aromatic rings. The Hall–Kier alpha value is -3.86. The number of ether oxygens (including phenoxy) is 3. The van der Waals surface area contributed by atoms with Crippen LogP contribution >= 0.6 is 7.82 Å². The zero-order valence-electron chi connectivity index (χ0n) is 52.2. The zero-order valence-corrected chi connectivity index (χ0v) is 53.1. The van der Waals surface area contributed by atoms with E-state index in [1.54, 1.807) is 0 Å². The number of aliphatic hydroxyl groups excluding tert-OH is 1. The molecule has 3 unspecified atom stereocenters. The maximum absolute atomic E-state index is 13.0. The fourth-order valence-corrected chi connectivity index (χ4v) is 9.53. The summed E-state index contributed by atoms with van der Waals surface area (Å²) in [5.74, 6) is -1.52. The molecule has 0 aromatic carbocycles. The molecule has 0 aliphatic heterocycles. The van der Waals surface area contributed by atoms with Gasteiger partial charge in [0.15, 0.2) is 6.10 Å². The third-order valence-electron chi connectivity index (χ3n) is 13.7. The van der Waals surface area contributed by atoms with E-state index in [9.17, 15) is 28.9 Å². The van der Waals surface area contributed by atoms with E-state index in [1.165, 1.54) is 96.3 Å². The maximum atomic E-state index is 13.0. The van der Waals surface area contributed by atoms with Gasteiger partial charge >= 0.3 is 25.7 Å². The van der Waals surface area contributed by atoms with Gasteiger partial charge in [-0.1, -0.05) is 246 Å². The molecule has 12 heteroatoms. The van der Waals surface area contributed by atoms with Gasteiger partial charge in [-0.3, -0.25) is 23.4 Å². The van der Waals surface area contributed by atoms with Crippen molar-refractivity contribution >= 4 is 25.7 Å². The normalized spacial score (nSPS) is 14.0. The molecule has 0 heterocycles. The number of carbonyl (C=O) groups is 3. The first-order valence-electron chi connectivity index (χ1n) is 32.8. The molecule has 0 aliphatic rings. The average molecular weight is 1170 g/mol. The molecule has 0 saturated heterocycles. The standard InChI is InChI=1S/C70H119O11P/c1-4-7-10-13-16-19-22-25-28-31-33-36-39-42-45-48-51-54-57-60-69(73)80-66(62-71)64-78-82(75,76)79-65-67(63-77-68(72)59-56-53-50-47-44-41-38-35-30-27-24-21-18-15-12-9-6-3)81-70(74)61-58-55-52-49-46-43-40-37-34-32-29-26-23-20-17-14-11-8-5-2/h8-9,11-12,17-18,20-21,25-30,34,37,43,46,66-67,71H,4-7,10,13-16,19,22-24,31-33,35-36,38-42,44-45,47-65H2,1-3H3,(H,75,76)/b11-8-,12-9-,20-17-,21-18-,28-25-,29-26-,30-27-,37-34-,46-43-. The van der Waals surface area contributed by atoms with E-state index >= 15 is 0 Å². The zero-order chi connectivity index (χ0) is 59.8. The van der Waals surface area contributed by atoms with Crippen LogP contribution in [-0.2, 0) is 42.2 Å². The molecule has 2 N–H and O–H groups in total. The highest BCUT2D eigenvalue weighted by Gasteiger charge is 2.28. The Labute approximate surface area is 501 Å². The van der Waals surface area contributed by atoms with Crippen molar-refractivity contribution in [2.24, 2.45) is 0 Å². The van der Waals surface area contributed by atoms with Gasteiger partial charge in [-0.25, -0.2) is 4.57 Å². The summed E-state index contributed by atoms with van der Waals surface area (Å²) < 4.78 is 39.7. The van der Waals surface area contributed by atoms with Crippen LogP contribution in [0.2, 0.25) is 0 Å². The summed E-state index contributed by atoms with van der Waals surface area (Å²) in [4.78, 5) is 48.8. The lowest BCUT2D eigenvalue weighted by Crippen LogP contribution is -2.30. The van der Waals surface area contributed by atoms with Crippen molar-refractivity contribution in [1.29, 1.82) is 0 Å². The van der Waals surface area contributed by atoms with Crippen molar-refractivity contribution in [1.82, 2.24) is 0 Å². The highest BCUT2D eigenvalue weighted by molar-refractivity contribution is 7.47. The quantitative estimate of drug-likeness (QED) is 0.0197. The lowest BCUT2D eigenvalue weighted by atomic mass is 10.1. The fraction of sp³-hybridized carbons (Fsp3) is 0.700. The van der Waals surface area contributed by atoms with Crippen molar-refractivity contribution in [3.8, 4) is 0 Å². The van der Waals surface area contributed by atoms with Crippen molar-refractivity contribution in [2.75, 3.05) is 26.4 Å². The van der Waals surface area contributed by atoms with Crippen LogP contribution in [0.4, 0.5) is 0 Å². The van der Waals surface area contributed by atoms with Gasteiger partial charge in [-0.05, 0) is 122 Å². The third kappa shape index (κ3) is 60.7. The third-order valence-corrected chi connectivity index (χ3v) is 14.6. The minimum atomic E-state index is -4.77. The van der Waals surface area contributed by atoms with Crippen LogP contribution in [0.15, 0.2) is 109 Å². The number of hydrogen-bond acceptors (Lipinski definition) is 10. The minimum Gasteiger partial charge on any atom is -0.462 e. The number of phosphoric ester groups is 1. The Balaban J connectivity index is 4.75. The molecule has 0 saturated carbocycles. The summed E-state index contributed by atoms with van der Waals surface area (Å²) in [6.07, 6.45) is 77.5. The summed E-state index contributed by atoms with van der Waals surface area (Å²) in [5.41, 5.74) is 0. The molecule has 0 rings (SSSR count). The molecule has 0 fully saturated rings. The Kier molecular flexibility index (Phi) is 60.2. The summed E-state index contributed by atoms with van der Waals surface area (Å²) in [6, 6.07) is 0. The maximum Gasteiger partial charge on any atom is 0.472 e. The monoisotopic (exact) mass is 1170 g/mol. The van der Waals surface area contributed by atoms with Gasteiger partial charge in [0.25, 0.3) is 0 Å². The molecule has 0 radical (unpaired) electrons. The van der Waals surface area contributed by atoms with Crippen LogP contribution in [0.5, 0.6) is 0 Å². The first-order chi connectivity index (χ1) is 40.2. The lowest BCUT2D eigenvalue weighted by Gasteiger charge is -2.21. The molecule has 0 amide bonds. The first kappa shape index (κ1) is 78.1. The SMILES string of the molecule is CC/C=C\C/C=C\C/C=C\C/C=C\C/C=C\CCCCCC(=O)OC(COC(=O)CCCCCCCCC/C=C\C/C=C\C/C=C\CC)COP(=O)(O)OCC(CO)OC(=O)CCCCCCCCCCC/C=C\CCCCCCCC. The van der Waals surface area contributed by atoms with Crippen molar-refractivity contribution in [3.63, 3.8) is 0 Å². The molecule has 3 atom stereocenters. The molecule has 0 spiro atoms. The van der Waals surface area contributed by atoms with Crippen LogP contribution in [0.1, 0.15) is 278 Å². The van der Waals surface area contributed by atoms with E-state index in [2.05, 4.69) is 130 Å². The molecule has 470 valence electrons. The first-order valence-corrected chi connectivity index (χ1v) is 34.3. The van der Waals surface area contributed by atoms with Crippen LogP contribution in [0, 0.1) is 0 Å². The summed E-state index contributed by atoms with van der Waals surface area (Å²) >= 11 is 0. The highest BCUT2D eigenvalue weighted by atomic mass is 31.2. The summed E-state index contributed by atoms with van der Waals surface area (Å²) in [7, 11) is -4.77. The molecule has 82 heavy (non-hydrogen) atoms. The molecule has 0 aliphatic carbocycles. The lowest BCUT2D eigenvalue weighted by molar-refractivity contribution is -0.161. The van der Waals surface area contributed by atoms with Crippen LogP contribution in [-0.4, -0.2) is 66.5 Å². The number of phosphoric acid groups is 1. The number of esters is 3. The van der Waals surface area contributed by atoms with E-state index < -0.39 is 57.8 Å². The van der Waals surface area contributed by atoms with Crippen LogP contribution in [0.3, 0.4) is 0 Å². The second kappa shape index (κ2) is 63.2. The Morgan fingerprint density at radius 3 is 1.00 bits per heavy atom. The van der Waals surface area contributed by atoms with Crippen molar-refractivity contribution in [3.05, 3.63) is 109 Å². The van der Waals surface area contributed by atoms with E-state index in [4.69, 9.17) is 23.3 Å². The van der Waals surface area contributed by atoms with Crippen LogP contribution < -0.4 is 0 Å². The number of hydrogen-bond donors (Lipinski definition) is 2. The number of allylic oxidation sites excluding steroid dienone is 18.